The molecule has 2 aromatic carbocycles. The molecule has 0 fully saturated rings. The van der Waals surface area contributed by atoms with Crippen LogP contribution in [0.1, 0.15) is 13.8 Å². The average Bonchev–Trinajstić information content (AvgIpc) is 3.08. The SMILES string of the molecule is CC(C)Oc1ccc(-c2nccn2S(=O)(=O)c2ccccc2)cc1Br. The van der Waals surface area contributed by atoms with Gasteiger partial charge in [0.05, 0.1) is 15.5 Å². The number of hydrogen-bond acceptors (Lipinski definition) is 4. The zero-order valence-corrected chi connectivity index (χ0v) is 16.2. The lowest BCUT2D eigenvalue weighted by Crippen LogP contribution is -2.13. The number of imidazole rings is 1. The Kier molecular flexibility index (Phi) is 4.96. The van der Waals surface area contributed by atoms with Crippen molar-refractivity contribution in [1.82, 2.24) is 8.96 Å². The fourth-order valence-electron chi connectivity index (χ4n) is 2.38. The van der Waals surface area contributed by atoms with E-state index in [4.69, 9.17) is 4.74 Å². The van der Waals surface area contributed by atoms with E-state index in [1.54, 1.807) is 48.5 Å². The molecule has 0 radical (unpaired) electrons. The third-order valence-electron chi connectivity index (χ3n) is 3.46. The highest BCUT2D eigenvalue weighted by Gasteiger charge is 2.21. The zero-order chi connectivity index (χ0) is 18.0. The molecule has 0 atom stereocenters. The molecule has 0 bridgehead atoms. The number of aromatic nitrogens is 2. The van der Waals surface area contributed by atoms with E-state index in [0.717, 1.165) is 4.47 Å². The molecule has 0 amide bonds. The first-order valence-electron chi connectivity index (χ1n) is 7.70. The Morgan fingerprint density at radius 1 is 1.12 bits per heavy atom. The molecule has 0 N–H and O–H groups in total. The summed E-state index contributed by atoms with van der Waals surface area (Å²) in [7, 11) is -3.71. The Bertz CT molecular complexity index is 983. The molecule has 25 heavy (non-hydrogen) atoms. The molecule has 3 rings (SSSR count). The second-order valence-electron chi connectivity index (χ2n) is 5.68. The monoisotopic (exact) mass is 420 g/mol. The Morgan fingerprint density at radius 2 is 1.84 bits per heavy atom. The third-order valence-corrected chi connectivity index (χ3v) is 5.76. The minimum atomic E-state index is -3.71. The standard InChI is InChI=1S/C18H17BrN2O3S/c1-13(2)24-17-9-8-14(12-16(17)19)18-20-10-11-21(18)25(22,23)15-6-4-3-5-7-15/h3-13H,1-2H3. The molecule has 0 spiro atoms. The van der Waals surface area contributed by atoms with Crippen LogP contribution in [0, 0.1) is 0 Å². The van der Waals surface area contributed by atoms with Gasteiger partial charge in [-0.3, -0.25) is 0 Å². The van der Waals surface area contributed by atoms with E-state index < -0.39 is 10.0 Å². The van der Waals surface area contributed by atoms with E-state index in [1.807, 2.05) is 13.8 Å². The van der Waals surface area contributed by atoms with Crippen LogP contribution in [0.4, 0.5) is 0 Å². The van der Waals surface area contributed by atoms with Crippen molar-refractivity contribution in [2.45, 2.75) is 24.8 Å². The predicted octanol–water partition coefficient (Wildman–Crippen LogP) is 4.34. The first kappa shape index (κ1) is 17.7. The van der Waals surface area contributed by atoms with E-state index in [1.165, 1.54) is 16.4 Å². The van der Waals surface area contributed by atoms with Gasteiger partial charge in [0.1, 0.15) is 5.75 Å². The van der Waals surface area contributed by atoms with Crippen molar-refractivity contribution in [1.29, 1.82) is 0 Å². The zero-order valence-electron chi connectivity index (χ0n) is 13.8. The lowest BCUT2D eigenvalue weighted by atomic mass is 10.2. The molecule has 0 aliphatic rings. The van der Waals surface area contributed by atoms with E-state index in [0.29, 0.717) is 17.1 Å². The molecular formula is C18H17BrN2O3S. The van der Waals surface area contributed by atoms with Crippen molar-refractivity contribution < 1.29 is 13.2 Å². The van der Waals surface area contributed by atoms with Crippen molar-refractivity contribution in [3.8, 4) is 17.1 Å². The van der Waals surface area contributed by atoms with E-state index in [9.17, 15) is 8.42 Å². The fraction of sp³-hybridized carbons (Fsp3) is 0.167. The Hall–Kier alpha value is -2.12. The summed E-state index contributed by atoms with van der Waals surface area (Å²) in [6.45, 7) is 3.89. The van der Waals surface area contributed by atoms with Crippen LogP contribution in [-0.4, -0.2) is 23.5 Å². The second-order valence-corrected chi connectivity index (χ2v) is 8.35. The maximum atomic E-state index is 12.9. The maximum absolute atomic E-state index is 12.9. The van der Waals surface area contributed by atoms with Crippen molar-refractivity contribution in [2.24, 2.45) is 0 Å². The number of halogens is 1. The quantitative estimate of drug-likeness (QED) is 0.615. The van der Waals surface area contributed by atoms with Gasteiger partial charge in [-0.25, -0.2) is 17.4 Å². The van der Waals surface area contributed by atoms with Crippen molar-refractivity contribution in [2.75, 3.05) is 0 Å². The molecule has 7 heteroatoms. The van der Waals surface area contributed by atoms with Crippen molar-refractivity contribution >= 4 is 26.0 Å². The lowest BCUT2D eigenvalue weighted by molar-refractivity contribution is 0.241. The second kappa shape index (κ2) is 7.01. The van der Waals surface area contributed by atoms with Gasteiger partial charge in [0, 0.05) is 18.0 Å². The van der Waals surface area contributed by atoms with Gasteiger partial charge in [0.15, 0.2) is 5.82 Å². The van der Waals surface area contributed by atoms with Crippen LogP contribution < -0.4 is 4.74 Å². The summed E-state index contributed by atoms with van der Waals surface area (Å²) >= 11 is 3.47. The lowest BCUT2D eigenvalue weighted by Gasteiger charge is -2.13. The van der Waals surface area contributed by atoms with E-state index >= 15 is 0 Å². The molecule has 1 aromatic heterocycles. The highest BCUT2D eigenvalue weighted by molar-refractivity contribution is 9.10. The topological polar surface area (TPSA) is 61.2 Å². The summed E-state index contributed by atoms with van der Waals surface area (Å²) in [4.78, 5) is 4.45. The summed E-state index contributed by atoms with van der Waals surface area (Å²) in [5.74, 6) is 1.04. The minimum absolute atomic E-state index is 0.0441. The van der Waals surface area contributed by atoms with E-state index in [2.05, 4.69) is 20.9 Å². The number of nitrogens with zero attached hydrogens (tertiary/aromatic N) is 2. The first-order valence-corrected chi connectivity index (χ1v) is 9.93. The normalized spacial score (nSPS) is 11.7. The van der Waals surface area contributed by atoms with Crippen LogP contribution >= 0.6 is 15.9 Å². The smallest absolute Gasteiger partial charge is 0.269 e. The van der Waals surface area contributed by atoms with Gasteiger partial charge in [-0.1, -0.05) is 18.2 Å². The molecular weight excluding hydrogens is 404 g/mol. The van der Waals surface area contributed by atoms with E-state index in [-0.39, 0.29) is 11.0 Å². The number of hydrogen-bond donors (Lipinski definition) is 0. The van der Waals surface area contributed by atoms with Gasteiger partial charge in [-0.15, -0.1) is 0 Å². The molecule has 0 saturated carbocycles. The van der Waals surface area contributed by atoms with Gasteiger partial charge in [-0.05, 0) is 60.1 Å². The van der Waals surface area contributed by atoms with Crippen LogP contribution in [0.3, 0.4) is 0 Å². The molecule has 0 aliphatic heterocycles. The van der Waals surface area contributed by atoms with Crippen LogP contribution in [0.15, 0.2) is 70.3 Å². The summed E-state index contributed by atoms with van der Waals surface area (Å²) in [6.07, 6.45) is 2.97. The van der Waals surface area contributed by atoms with Crippen LogP contribution in [0.2, 0.25) is 0 Å². The molecule has 0 aliphatic carbocycles. The Labute approximate surface area is 155 Å². The highest BCUT2D eigenvalue weighted by Crippen LogP contribution is 2.31. The summed E-state index contributed by atoms with van der Waals surface area (Å²) < 4.78 is 33.4. The molecule has 0 saturated heterocycles. The van der Waals surface area contributed by atoms with Crippen LogP contribution in [0.25, 0.3) is 11.4 Å². The maximum Gasteiger partial charge on any atom is 0.269 e. The Balaban J connectivity index is 2.04. The first-order chi connectivity index (χ1) is 11.9. The number of benzene rings is 2. The Morgan fingerprint density at radius 3 is 2.48 bits per heavy atom. The molecule has 0 unspecified atom stereocenters. The van der Waals surface area contributed by atoms with Crippen molar-refractivity contribution in [3.05, 3.63) is 65.4 Å². The largest absolute Gasteiger partial charge is 0.490 e. The van der Waals surface area contributed by atoms with Gasteiger partial charge in [0.25, 0.3) is 10.0 Å². The number of ether oxygens (including phenoxy) is 1. The molecule has 5 nitrogen and oxygen atoms in total. The van der Waals surface area contributed by atoms with Gasteiger partial charge < -0.3 is 4.74 Å². The summed E-state index contributed by atoms with van der Waals surface area (Å²) in [5.41, 5.74) is 0.674. The number of rotatable bonds is 5. The predicted molar refractivity (Wildman–Crippen MR) is 100 cm³/mol. The van der Waals surface area contributed by atoms with Crippen LogP contribution in [-0.2, 0) is 10.0 Å². The van der Waals surface area contributed by atoms with Crippen molar-refractivity contribution in [3.63, 3.8) is 0 Å². The van der Waals surface area contributed by atoms with Gasteiger partial charge in [0.2, 0.25) is 0 Å². The van der Waals surface area contributed by atoms with Gasteiger partial charge >= 0.3 is 0 Å². The summed E-state index contributed by atoms with van der Waals surface area (Å²) in [6, 6.07) is 13.7. The van der Waals surface area contributed by atoms with Gasteiger partial charge in [-0.2, -0.15) is 0 Å². The van der Waals surface area contributed by atoms with Crippen LogP contribution in [0.5, 0.6) is 5.75 Å². The average molecular weight is 421 g/mol. The molecule has 3 aromatic rings. The molecule has 1 heterocycles. The fourth-order valence-corrected chi connectivity index (χ4v) is 4.18. The molecule has 130 valence electrons. The summed E-state index contributed by atoms with van der Waals surface area (Å²) in [5, 5.41) is 0. The third kappa shape index (κ3) is 3.62. The highest BCUT2D eigenvalue weighted by atomic mass is 79.9. The minimum Gasteiger partial charge on any atom is -0.490 e.